The predicted octanol–water partition coefficient (Wildman–Crippen LogP) is 2.83. The van der Waals surface area contributed by atoms with E-state index in [2.05, 4.69) is 0 Å². The van der Waals surface area contributed by atoms with E-state index < -0.39 is 21.7 Å². The van der Waals surface area contributed by atoms with Crippen molar-refractivity contribution in [1.82, 2.24) is 9.21 Å². The number of methoxy groups -OCH3 is 1. The number of halogens is 2. The number of nitrogens with zero attached hydrogens (tertiary/aromatic N) is 2. The van der Waals surface area contributed by atoms with Crippen molar-refractivity contribution < 1.29 is 22.3 Å². The molecule has 0 N–H and O–H groups in total. The molecular formula is C16H18ClFN2O4S2. The molecule has 6 nitrogen and oxygen atoms in total. The van der Waals surface area contributed by atoms with Crippen LogP contribution in [-0.2, 0) is 21.4 Å². The van der Waals surface area contributed by atoms with Gasteiger partial charge in [0, 0.05) is 20.6 Å². The molecule has 26 heavy (non-hydrogen) atoms. The fourth-order valence-corrected chi connectivity index (χ4v) is 4.97. The summed E-state index contributed by atoms with van der Waals surface area (Å²) in [5.74, 6) is -0.835. The molecule has 0 atom stereocenters. The first-order valence-electron chi connectivity index (χ1n) is 7.43. The molecule has 0 fully saturated rings. The first-order chi connectivity index (χ1) is 12.1. The Bertz CT molecular complexity index is 901. The van der Waals surface area contributed by atoms with E-state index in [9.17, 15) is 17.6 Å². The third-order valence-corrected chi connectivity index (χ3v) is 7.13. The largest absolute Gasteiger partial charge is 0.494 e. The van der Waals surface area contributed by atoms with Crippen LogP contribution in [0.3, 0.4) is 0 Å². The van der Waals surface area contributed by atoms with Crippen LogP contribution >= 0.6 is 22.9 Å². The highest BCUT2D eigenvalue weighted by atomic mass is 35.5. The van der Waals surface area contributed by atoms with E-state index in [1.807, 2.05) is 0 Å². The van der Waals surface area contributed by atoms with Crippen molar-refractivity contribution in [3.05, 3.63) is 46.0 Å². The van der Waals surface area contributed by atoms with Crippen molar-refractivity contribution in [2.45, 2.75) is 10.8 Å². The SMILES string of the molecule is COc1ccc(CN(C)C(=O)CN(C)S(=O)(=O)c2ccc(Cl)s2)cc1F. The lowest BCUT2D eigenvalue weighted by Crippen LogP contribution is -2.38. The number of carbonyl (C=O) groups excluding carboxylic acids is 1. The molecule has 1 amide bonds. The van der Waals surface area contributed by atoms with E-state index in [1.54, 1.807) is 6.07 Å². The molecule has 142 valence electrons. The van der Waals surface area contributed by atoms with Crippen LogP contribution in [0.1, 0.15) is 5.56 Å². The number of carbonyl (C=O) groups is 1. The standard InChI is InChI=1S/C16H18ClFN2O4S2/c1-19(9-11-4-5-13(24-3)12(18)8-11)15(21)10-20(2)26(22,23)16-7-6-14(17)25-16/h4-8H,9-10H2,1-3H3. The summed E-state index contributed by atoms with van der Waals surface area (Å²) in [5, 5.41) is 0. The van der Waals surface area contributed by atoms with Crippen molar-refractivity contribution >= 4 is 38.9 Å². The molecule has 0 unspecified atom stereocenters. The number of rotatable bonds is 7. The molecule has 0 saturated heterocycles. The first-order valence-corrected chi connectivity index (χ1v) is 10.1. The van der Waals surface area contributed by atoms with Crippen LogP contribution in [0.15, 0.2) is 34.5 Å². The van der Waals surface area contributed by atoms with Crippen LogP contribution in [0.2, 0.25) is 4.34 Å². The van der Waals surface area contributed by atoms with Gasteiger partial charge in [0.1, 0.15) is 4.21 Å². The minimum absolute atomic E-state index is 0.0673. The number of thiophene rings is 1. The van der Waals surface area contributed by atoms with Crippen molar-refractivity contribution in [3.8, 4) is 5.75 Å². The van der Waals surface area contributed by atoms with Crippen molar-refractivity contribution in [1.29, 1.82) is 0 Å². The molecule has 0 spiro atoms. The van der Waals surface area contributed by atoms with Gasteiger partial charge in [-0.2, -0.15) is 4.31 Å². The fourth-order valence-electron chi connectivity index (χ4n) is 2.16. The summed E-state index contributed by atoms with van der Waals surface area (Å²) in [6.07, 6.45) is 0. The second kappa shape index (κ2) is 8.34. The number of hydrogen-bond donors (Lipinski definition) is 0. The first kappa shape index (κ1) is 20.6. The summed E-state index contributed by atoms with van der Waals surface area (Å²) in [6, 6.07) is 7.27. The molecule has 0 aliphatic carbocycles. The minimum Gasteiger partial charge on any atom is -0.494 e. The summed E-state index contributed by atoms with van der Waals surface area (Å²) in [6.45, 7) is -0.203. The Kier molecular flexibility index (Phi) is 6.62. The average molecular weight is 421 g/mol. The molecule has 10 heteroatoms. The van der Waals surface area contributed by atoms with Crippen LogP contribution in [-0.4, -0.2) is 51.3 Å². The number of ether oxygens (including phenoxy) is 1. The number of amides is 1. The monoisotopic (exact) mass is 420 g/mol. The highest BCUT2D eigenvalue weighted by Gasteiger charge is 2.25. The highest BCUT2D eigenvalue weighted by molar-refractivity contribution is 7.91. The van der Waals surface area contributed by atoms with Crippen LogP contribution in [0, 0.1) is 5.82 Å². The van der Waals surface area contributed by atoms with Gasteiger partial charge in [-0.1, -0.05) is 17.7 Å². The van der Waals surface area contributed by atoms with Gasteiger partial charge in [-0.05, 0) is 29.8 Å². The Hall–Kier alpha value is -1.68. The van der Waals surface area contributed by atoms with Crippen molar-refractivity contribution in [2.75, 3.05) is 27.7 Å². The number of sulfonamides is 1. The summed E-state index contributed by atoms with van der Waals surface area (Å²) < 4.78 is 44.8. The lowest BCUT2D eigenvalue weighted by atomic mass is 10.2. The smallest absolute Gasteiger partial charge is 0.252 e. The molecule has 2 aromatic rings. The molecule has 2 rings (SSSR count). The van der Waals surface area contributed by atoms with Gasteiger partial charge < -0.3 is 9.64 Å². The van der Waals surface area contributed by atoms with Crippen LogP contribution in [0.5, 0.6) is 5.75 Å². The van der Waals surface area contributed by atoms with Crippen LogP contribution in [0.4, 0.5) is 4.39 Å². The van der Waals surface area contributed by atoms with Crippen molar-refractivity contribution in [3.63, 3.8) is 0 Å². The molecule has 1 heterocycles. The highest BCUT2D eigenvalue weighted by Crippen LogP contribution is 2.27. The zero-order valence-electron chi connectivity index (χ0n) is 14.4. The van der Waals surface area contributed by atoms with E-state index in [0.717, 1.165) is 15.6 Å². The zero-order valence-corrected chi connectivity index (χ0v) is 16.8. The van der Waals surface area contributed by atoms with Crippen LogP contribution in [0.25, 0.3) is 0 Å². The fraction of sp³-hybridized carbons (Fsp3) is 0.312. The van der Waals surface area contributed by atoms with Gasteiger partial charge in [-0.25, -0.2) is 12.8 Å². The van der Waals surface area contributed by atoms with E-state index in [1.165, 1.54) is 50.4 Å². The average Bonchev–Trinajstić information content (AvgIpc) is 3.02. The summed E-state index contributed by atoms with van der Waals surface area (Å²) in [7, 11) is 0.416. The summed E-state index contributed by atoms with van der Waals surface area (Å²) >= 11 is 6.70. The lowest BCUT2D eigenvalue weighted by Gasteiger charge is -2.21. The molecular weight excluding hydrogens is 403 g/mol. The Balaban J connectivity index is 2.03. The van der Waals surface area contributed by atoms with Crippen LogP contribution < -0.4 is 4.74 Å². The van der Waals surface area contributed by atoms with Gasteiger partial charge in [0.15, 0.2) is 11.6 Å². The summed E-state index contributed by atoms with van der Waals surface area (Å²) in [4.78, 5) is 13.7. The number of likely N-dealkylation sites (N-methyl/N-ethyl adjacent to an activating group) is 2. The van der Waals surface area contributed by atoms with Gasteiger partial charge in [0.25, 0.3) is 10.0 Å². The Morgan fingerprint density at radius 3 is 2.50 bits per heavy atom. The Labute approximate surface area is 160 Å². The van der Waals surface area contributed by atoms with E-state index in [0.29, 0.717) is 9.90 Å². The third-order valence-electron chi connectivity index (χ3n) is 3.63. The molecule has 0 aliphatic heterocycles. The molecule has 0 aliphatic rings. The maximum atomic E-state index is 13.7. The Morgan fingerprint density at radius 2 is 1.96 bits per heavy atom. The number of benzene rings is 1. The summed E-state index contributed by atoms with van der Waals surface area (Å²) in [5.41, 5.74) is 0.565. The van der Waals surface area contributed by atoms with Crippen molar-refractivity contribution in [2.24, 2.45) is 0 Å². The molecule has 0 bridgehead atoms. The molecule has 1 aromatic heterocycles. The number of hydrogen-bond acceptors (Lipinski definition) is 5. The zero-order chi connectivity index (χ0) is 19.5. The maximum absolute atomic E-state index is 13.7. The lowest BCUT2D eigenvalue weighted by molar-refractivity contribution is -0.130. The normalized spacial score (nSPS) is 11.6. The second-order valence-electron chi connectivity index (χ2n) is 5.54. The third kappa shape index (κ3) is 4.73. The second-order valence-corrected chi connectivity index (χ2v) is 9.53. The van der Waals surface area contributed by atoms with E-state index in [4.69, 9.17) is 16.3 Å². The van der Waals surface area contributed by atoms with Gasteiger partial charge in [0.05, 0.1) is 18.0 Å². The molecule has 1 aromatic carbocycles. The van der Waals surface area contributed by atoms with Gasteiger partial charge in [0.2, 0.25) is 5.91 Å². The van der Waals surface area contributed by atoms with Gasteiger partial charge in [-0.15, -0.1) is 11.3 Å². The molecule has 0 saturated carbocycles. The van der Waals surface area contributed by atoms with Gasteiger partial charge >= 0.3 is 0 Å². The van der Waals surface area contributed by atoms with E-state index >= 15 is 0 Å². The minimum atomic E-state index is -3.79. The molecule has 0 radical (unpaired) electrons. The van der Waals surface area contributed by atoms with Gasteiger partial charge in [-0.3, -0.25) is 4.79 Å². The maximum Gasteiger partial charge on any atom is 0.252 e. The predicted molar refractivity (Wildman–Crippen MR) is 98.6 cm³/mol. The topological polar surface area (TPSA) is 66.9 Å². The van der Waals surface area contributed by atoms with E-state index in [-0.39, 0.29) is 23.0 Å². The Morgan fingerprint density at radius 1 is 1.27 bits per heavy atom. The quantitative estimate of drug-likeness (QED) is 0.690.